The summed E-state index contributed by atoms with van der Waals surface area (Å²) < 4.78 is 5.11. The van der Waals surface area contributed by atoms with Crippen LogP contribution in [0.4, 0.5) is 0 Å². The lowest BCUT2D eigenvalue weighted by Crippen LogP contribution is -1.98. The van der Waals surface area contributed by atoms with Crippen molar-refractivity contribution in [2.45, 2.75) is 0 Å². The normalized spacial score (nSPS) is 11.6. The SMILES string of the molecule is c1ccc(-c2ccc3c(c2)c2ccccc2n3-c2ccccc2-c2ccccc2-c2cccc3c2sc2c(-c4ccccc4)cccc23)cc1. The fraction of sp³-hybridized carbons (Fsp3) is 0. The third-order valence-corrected chi connectivity index (χ3v) is 11.3. The number of para-hydroxylation sites is 2. The van der Waals surface area contributed by atoms with Gasteiger partial charge in [0, 0.05) is 42.1 Å². The summed E-state index contributed by atoms with van der Waals surface area (Å²) in [6.45, 7) is 0. The quantitative estimate of drug-likeness (QED) is 0.174. The van der Waals surface area contributed by atoms with Gasteiger partial charge in [-0.05, 0) is 57.6 Å². The molecule has 0 amide bonds. The van der Waals surface area contributed by atoms with E-state index in [1.54, 1.807) is 0 Å². The van der Waals surface area contributed by atoms with Gasteiger partial charge in [-0.25, -0.2) is 0 Å². The van der Waals surface area contributed by atoms with Crippen LogP contribution in [0.2, 0.25) is 0 Å². The highest BCUT2D eigenvalue weighted by atomic mass is 32.1. The number of hydrogen-bond donors (Lipinski definition) is 0. The van der Waals surface area contributed by atoms with Gasteiger partial charge in [0.15, 0.2) is 0 Å². The molecule has 2 aromatic heterocycles. The smallest absolute Gasteiger partial charge is 0.0541 e. The lowest BCUT2D eigenvalue weighted by atomic mass is 9.92. The highest BCUT2D eigenvalue weighted by Gasteiger charge is 2.20. The molecule has 0 unspecified atom stereocenters. The average molecular weight is 654 g/mol. The van der Waals surface area contributed by atoms with Crippen LogP contribution >= 0.6 is 11.3 Å². The molecule has 0 saturated heterocycles. The van der Waals surface area contributed by atoms with Crippen molar-refractivity contribution in [3.8, 4) is 50.2 Å². The number of nitrogens with zero attached hydrogens (tertiary/aromatic N) is 1. The molecule has 2 heterocycles. The second-order valence-electron chi connectivity index (χ2n) is 12.8. The molecule has 0 atom stereocenters. The highest BCUT2D eigenvalue weighted by Crippen LogP contribution is 2.46. The molecule has 8 aromatic carbocycles. The zero-order valence-electron chi connectivity index (χ0n) is 27.3. The predicted molar refractivity (Wildman–Crippen MR) is 215 cm³/mol. The molecule has 10 rings (SSSR count). The van der Waals surface area contributed by atoms with Gasteiger partial charge < -0.3 is 4.57 Å². The van der Waals surface area contributed by atoms with Gasteiger partial charge in [-0.15, -0.1) is 11.3 Å². The molecule has 0 saturated carbocycles. The molecule has 10 aromatic rings. The van der Waals surface area contributed by atoms with Crippen molar-refractivity contribution in [1.29, 1.82) is 0 Å². The third-order valence-electron chi connectivity index (χ3n) is 10.0. The number of thiophene rings is 1. The van der Waals surface area contributed by atoms with Gasteiger partial charge in [0.2, 0.25) is 0 Å². The van der Waals surface area contributed by atoms with Gasteiger partial charge in [-0.2, -0.15) is 0 Å². The van der Waals surface area contributed by atoms with Crippen molar-refractivity contribution in [2.24, 2.45) is 0 Å². The first-order valence-corrected chi connectivity index (χ1v) is 17.9. The molecule has 2 heteroatoms. The fourth-order valence-corrected chi connectivity index (χ4v) is 9.13. The maximum Gasteiger partial charge on any atom is 0.0541 e. The van der Waals surface area contributed by atoms with E-state index in [2.05, 4.69) is 193 Å². The van der Waals surface area contributed by atoms with Crippen LogP contribution in [-0.4, -0.2) is 4.57 Å². The van der Waals surface area contributed by atoms with Gasteiger partial charge in [0.05, 0.1) is 16.7 Å². The van der Waals surface area contributed by atoms with Crippen LogP contribution in [0, 0.1) is 0 Å². The van der Waals surface area contributed by atoms with Crippen LogP contribution in [0.15, 0.2) is 188 Å². The Hall–Kier alpha value is -6.22. The Balaban J connectivity index is 1.19. The average Bonchev–Trinajstić information content (AvgIpc) is 3.74. The number of hydrogen-bond acceptors (Lipinski definition) is 1. The van der Waals surface area contributed by atoms with Crippen molar-refractivity contribution in [3.05, 3.63) is 188 Å². The molecule has 0 radical (unpaired) electrons. The molecule has 0 aliphatic heterocycles. The van der Waals surface area contributed by atoms with Crippen LogP contribution < -0.4 is 0 Å². The molecule has 0 bridgehead atoms. The Morgan fingerprint density at radius 2 is 0.820 bits per heavy atom. The summed E-state index contributed by atoms with van der Waals surface area (Å²) in [5.74, 6) is 0. The van der Waals surface area contributed by atoms with Crippen molar-refractivity contribution >= 4 is 53.3 Å². The van der Waals surface area contributed by atoms with E-state index in [0.29, 0.717) is 0 Å². The molecule has 234 valence electrons. The van der Waals surface area contributed by atoms with E-state index in [4.69, 9.17) is 0 Å². The molecule has 1 nitrogen and oxygen atoms in total. The summed E-state index contributed by atoms with van der Waals surface area (Å²) in [7, 11) is 0. The van der Waals surface area contributed by atoms with Crippen LogP contribution in [0.25, 0.3) is 92.2 Å². The molecular weight excluding hydrogens is 623 g/mol. The Morgan fingerprint density at radius 1 is 0.300 bits per heavy atom. The number of rotatable bonds is 5. The summed E-state index contributed by atoms with van der Waals surface area (Å²) in [6.07, 6.45) is 0. The summed E-state index contributed by atoms with van der Waals surface area (Å²) in [5.41, 5.74) is 13.5. The first kappa shape index (κ1) is 28.8. The standard InChI is InChI=1S/C48H31NS/c1-3-15-32(16-4-1)34-29-30-46-43(31-34)39-22-10-12-28-45(39)49(46)44-27-11-9-21-38(44)36-19-7-8-20-37(36)40-24-14-26-42-41-25-13-23-35(47(41)50-48(40)42)33-17-5-2-6-18-33/h1-31H. The van der Waals surface area contributed by atoms with Gasteiger partial charge in [-0.1, -0.05) is 164 Å². The van der Waals surface area contributed by atoms with Crippen LogP contribution in [0.1, 0.15) is 0 Å². The maximum absolute atomic E-state index is 2.46. The van der Waals surface area contributed by atoms with Gasteiger partial charge in [-0.3, -0.25) is 0 Å². The van der Waals surface area contributed by atoms with Gasteiger partial charge in [0.25, 0.3) is 0 Å². The maximum atomic E-state index is 2.46. The van der Waals surface area contributed by atoms with E-state index < -0.39 is 0 Å². The second kappa shape index (κ2) is 11.7. The highest BCUT2D eigenvalue weighted by molar-refractivity contribution is 7.26. The number of fused-ring (bicyclic) bond motifs is 6. The first-order chi connectivity index (χ1) is 24.8. The topological polar surface area (TPSA) is 4.93 Å². The largest absolute Gasteiger partial charge is 0.309 e. The third kappa shape index (κ3) is 4.53. The molecule has 0 aliphatic carbocycles. The zero-order valence-corrected chi connectivity index (χ0v) is 28.1. The Morgan fingerprint density at radius 3 is 1.58 bits per heavy atom. The molecular formula is C48H31NS. The number of aromatic nitrogens is 1. The Labute approximate surface area is 295 Å². The monoisotopic (exact) mass is 653 g/mol. The van der Waals surface area contributed by atoms with Crippen molar-refractivity contribution in [3.63, 3.8) is 0 Å². The van der Waals surface area contributed by atoms with E-state index in [1.165, 1.54) is 92.2 Å². The molecule has 0 aliphatic rings. The van der Waals surface area contributed by atoms with Gasteiger partial charge >= 0.3 is 0 Å². The molecule has 0 fully saturated rings. The fourth-order valence-electron chi connectivity index (χ4n) is 7.77. The zero-order chi connectivity index (χ0) is 33.0. The minimum atomic E-state index is 1.17. The summed E-state index contributed by atoms with van der Waals surface area (Å²) in [5, 5.41) is 5.13. The predicted octanol–water partition coefficient (Wildman–Crippen LogP) is 13.8. The minimum Gasteiger partial charge on any atom is -0.309 e. The lowest BCUT2D eigenvalue weighted by Gasteiger charge is -2.17. The van der Waals surface area contributed by atoms with Crippen molar-refractivity contribution in [2.75, 3.05) is 0 Å². The van der Waals surface area contributed by atoms with E-state index in [1.807, 2.05) is 11.3 Å². The molecule has 0 spiro atoms. The summed E-state index contributed by atoms with van der Waals surface area (Å²) in [4.78, 5) is 0. The van der Waals surface area contributed by atoms with E-state index >= 15 is 0 Å². The molecule has 50 heavy (non-hydrogen) atoms. The van der Waals surface area contributed by atoms with Crippen LogP contribution in [-0.2, 0) is 0 Å². The lowest BCUT2D eigenvalue weighted by molar-refractivity contribution is 1.18. The summed E-state index contributed by atoms with van der Waals surface area (Å²) >= 11 is 1.91. The first-order valence-electron chi connectivity index (χ1n) is 17.1. The van der Waals surface area contributed by atoms with Crippen LogP contribution in [0.3, 0.4) is 0 Å². The summed E-state index contributed by atoms with van der Waals surface area (Å²) in [6, 6.07) is 68.5. The van der Waals surface area contributed by atoms with E-state index in [9.17, 15) is 0 Å². The number of benzene rings is 8. The molecule has 0 N–H and O–H groups in total. The Kier molecular flexibility index (Phi) is 6.75. The second-order valence-corrected chi connectivity index (χ2v) is 13.9. The van der Waals surface area contributed by atoms with Crippen molar-refractivity contribution in [1.82, 2.24) is 4.57 Å². The van der Waals surface area contributed by atoms with E-state index in [0.717, 1.165) is 0 Å². The van der Waals surface area contributed by atoms with E-state index in [-0.39, 0.29) is 0 Å². The van der Waals surface area contributed by atoms with Crippen molar-refractivity contribution < 1.29 is 0 Å². The minimum absolute atomic E-state index is 1.17. The Bertz CT molecular complexity index is 2860. The van der Waals surface area contributed by atoms with Crippen LogP contribution in [0.5, 0.6) is 0 Å². The van der Waals surface area contributed by atoms with Gasteiger partial charge in [0.1, 0.15) is 0 Å².